The molecule has 8 heteroatoms. The fourth-order valence-corrected chi connectivity index (χ4v) is 2.95. The molecule has 24 heavy (non-hydrogen) atoms. The number of amides is 1. The van der Waals surface area contributed by atoms with Gasteiger partial charge in [-0.3, -0.25) is 4.79 Å². The van der Waals surface area contributed by atoms with Crippen molar-refractivity contribution in [2.24, 2.45) is 0 Å². The summed E-state index contributed by atoms with van der Waals surface area (Å²) in [6.07, 6.45) is 0. The third-order valence-electron chi connectivity index (χ3n) is 3.87. The molecule has 3 aromatic rings. The molecular formula is C16H18N6OS. The van der Waals surface area contributed by atoms with Gasteiger partial charge in [0.25, 0.3) is 5.91 Å². The van der Waals surface area contributed by atoms with Crippen LogP contribution in [0.15, 0.2) is 18.2 Å². The lowest BCUT2D eigenvalue weighted by molar-refractivity contribution is 0.102. The summed E-state index contributed by atoms with van der Waals surface area (Å²) in [5.74, 6) is -0.265. The van der Waals surface area contributed by atoms with Gasteiger partial charge >= 0.3 is 0 Å². The van der Waals surface area contributed by atoms with Crippen molar-refractivity contribution in [3.8, 4) is 0 Å². The quantitative estimate of drug-likeness (QED) is 0.788. The van der Waals surface area contributed by atoms with Crippen LogP contribution < -0.4 is 5.32 Å². The highest BCUT2D eigenvalue weighted by Crippen LogP contribution is 2.18. The van der Waals surface area contributed by atoms with Gasteiger partial charge in [-0.2, -0.15) is 8.75 Å². The van der Waals surface area contributed by atoms with E-state index in [1.807, 2.05) is 45.9 Å². The summed E-state index contributed by atoms with van der Waals surface area (Å²) in [6, 6.07) is 5.88. The van der Waals surface area contributed by atoms with Crippen LogP contribution in [0.3, 0.4) is 0 Å². The number of anilines is 1. The molecule has 0 aliphatic carbocycles. The molecule has 0 spiro atoms. The maximum atomic E-state index is 12.5. The van der Waals surface area contributed by atoms with Crippen LogP contribution in [-0.2, 0) is 6.54 Å². The van der Waals surface area contributed by atoms with Crippen molar-refractivity contribution in [2.75, 3.05) is 5.32 Å². The van der Waals surface area contributed by atoms with E-state index in [4.69, 9.17) is 0 Å². The van der Waals surface area contributed by atoms with Crippen molar-refractivity contribution in [3.63, 3.8) is 0 Å². The van der Waals surface area contributed by atoms with Gasteiger partial charge in [0.2, 0.25) is 0 Å². The third kappa shape index (κ3) is 3.18. The second-order valence-electron chi connectivity index (χ2n) is 5.75. The van der Waals surface area contributed by atoms with Gasteiger partial charge in [0, 0.05) is 5.69 Å². The number of hydrogen-bond acceptors (Lipinski definition) is 6. The first-order valence-electron chi connectivity index (χ1n) is 7.52. The van der Waals surface area contributed by atoms with Crippen molar-refractivity contribution < 1.29 is 4.79 Å². The second-order valence-corrected chi connectivity index (χ2v) is 6.28. The van der Waals surface area contributed by atoms with Crippen molar-refractivity contribution >= 4 is 23.3 Å². The molecule has 0 aliphatic heterocycles. The monoisotopic (exact) mass is 342 g/mol. The van der Waals surface area contributed by atoms with Crippen LogP contribution in [0.5, 0.6) is 0 Å². The minimum Gasteiger partial charge on any atom is -0.320 e. The topological polar surface area (TPSA) is 85.6 Å². The Kier molecular flexibility index (Phi) is 4.39. The predicted octanol–water partition coefficient (Wildman–Crippen LogP) is 2.66. The Labute approximate surface area is 144 Å². The Hall–Kier alpha value is -2.61. The average Bonchev–Trinajstić information content (AvgIpc) is 3.10. The largest absolute Gasteiger partial charge is 0.320 e. The molecule has 0 atom stereocenters. The summed E-state index contributed by atoms with van der Waals surface area (Å²) in [4.78, 5) is 12.5. The van der Waals surface area contributed by atoms with Crippen LogP contribution >= 0.6 is 11.7 Å². The van der Waals surface area contributed by atoms with Crippen molar-refractivity contribution in [3.05, 3.63) is 52.1 Å². The Balaban J connectivity index is 1.80. The number of hydrogen-bond donors (Lipinski definition) is 1. The number of rotatable bonds is 4. The first-order chi connectivity index (χ1) is 11.5. The van der Waals surface area contributed by atoms with E-state index in [1.165, 1.54) is 11.7 Å². The summed E-state index contributed by atoms with van der Waals surface area (Å²) in [7, 11) is 0. The highest BCUT2D eigenvalue weighted by Gasteiger charge is 2.18. The lowest BCUT2D eigenvalue weighted by Crippen LogP contribution is -2.15. The standard InChI is InChI=1S/C16H18N6OS/c1-9-5-6-13(10(2)7-9)17-16(23)15-12(4)22(21-18-15)8-14-11(3)19-24-20-14/h5-7H,8H2,1-4H3,(H,17,23). The highest BCUT2D eigenvalue weighted by molar-refractivity contribution is 6.99. The van der Waals surface area contributed by atoms with E-state index in [-0.39, 0.29) is 5.91 Å². The Morgan fingerprint density at radius 2 is 2.00 bits per heavy atom. The van der Waals surface area contributed by atoms with E-state index in [0.717, 1.165) is 28.2 Å². The molecule has 124 valence electrons. The zero-order chi connectivity index (χ0) is 17.3. The van der Waals surface area contributed by atoms with Gasteiger partial charge in [-0.15, -0.1) is 5.10 Å². The van der Waals surface area contributed by atoms with E-state index in [2.05, 4.69) is 24.4 Å². The Morgan fingerprint density at radius 3 is 2.67 bits per heavy atom. The van der Waals surface area contributed by atoms with Crippen LogP contribution in [0.4, 0.5) is 5.69 Å². The molecule has 0 aliphatic rings. The number of aromatic nitrogens is 5. The minimum atomic E-state index is -0.265. The van der Waals surface area contributed by atoms with Gasteiger partial charge in [0.15, 0.2) is 5.69 Å². The normalized spacial score (nSPS) is 10.8. The smallest absolute Gasteiger partial charge is 0.278 e. The molecule has 1 amide bonds. The van der Waals surface area contributed by atoms with Gasteiger partial charge in [-0.25, -0.2) is 4.68 Å². The van der Waals surface area contributed by atoms with Crippen LogP contribution in [-0.4, -0.2) is 29.6 Å². The fourth-order valence-electron chi connectivity index (χ4n) is 2.39. The Morgan fingerprint density at radius 1 is 1.21 bits per heavy atom. The Bertz CT molecular complexity index is 898. The number of nitrogens with zero attached hydrogens (tertiary/aromatic N) is 5. The third-order valence-corrected chi connectivity index (χ3v) is 4.53. The van der Waals surface area contributed by atoms with Crippen molar-refractivity contribution in [1.29, 1.82) is 0 Å². The molecule has 2 aromatic heterocycles. The van der Waals surface area contributed by atoms with E-state index >= 15 is 0 Å². The molecule has 7 nitrogen and oxygen atoms in total. The molecular weight excluding hydrogens is 324 g/mol. The van der Waals surface area contributed by atoms with Crippen LogP contribution in [0, 0.1) is 27.7 Å². The summed E-state index contributed by atoms with van der Waals surface area (Å²) in [5, 5.41) is 11.0. The molecule has 0 radical (unpaired) electrons. The number of benzene rings is 1. The summed E-state index contributed by atoms with van der Waals surface area (Å²) in [5.41, 5.74) is 5.67. The van der Waals surface area contributed by atoms with Crippen LogP contribution in [0.2, 0.25) is 0 Å². The number of aryl methyl sites for hydroxylation is 3. The first kappa shape index (κ1) is 16.3. The summed E-state index contributed by atoms with van der Waals surface area (Å²) < 4.78 is 10.0. The van der Waals surface area contributed by atoms with E-state index in [1.54, 1.807) is 4.68 Å². The molecule has 2 heterocycles. The van der Waals surface area contributed by atoms with E-state index in [0.29, 0.717) is 17.9 Å². The fraction of sp³-hybridized carbons (Fsp3) is 0.312. The molecule has 1 aromatic carbocycles. The van der Waals surface area contributed by atoms with E-state index < -0.39 is 0 Å². The number of carbonyl (C=O) groups excluding carboxylic acids is 1. The first-order valence-corrected chi connectivity index (χ1v) is 8.25. The highest BCUT2D eigenvalue weighted by atomic mass is 32.1. The van der Waals surface area contributed by atoms with Crippen molar-refractivity contribution in [1.82, 2.24) is 23.7 Å². The predicted molar refractivity (Wildman–Crippen MR) is 92.4 cm³/mol. The lowest BCUT2D eigenvalue weighted by Gasteiger charge is -2.08. The van der Waals surface area contributed by atoms with Crippen molar-refractivity contribution in [2.45, 2.75) is 34.2 Å². The maximum Gasteiger partial charge on any atom is 0.278 e. The lowest BCUT2D eigenvalue weighted by atomic mass is 10.1. The summed E-state index contributed by atoms with van der Waals surface area (Å²) >= 11 is 1.17. The molecule has 0 fully saturated rings. The molecule has 0 saturated heterocycles. The number of carbonyl (C=O) groups is 1. The van der Waals surface area contributed by atoms with Gasteiger partial charge in [-0.1, -0.05) is 22.9 Å². The number of nitrogens with one attached hydrogen (secondary N) is 1. The molecule has 0 unspecified atom stereocenters. The van der Waals surface area contributed by atoms with Gasteiger partial charge in [-0.05, 0) is 39.3 Å². The molecule has 3 rings (SSSR count). The van der Waals surface area contributed by atoms with Crippen LogP contribution in [0.25, 0.3) is 0 Å². The van der Waals surface area contributed by atoms with Gasteiger partial charge < -0.3 is 5.32 Å². The van der Waals surface area contributed by atoms with Gasteiger partial charge in [0.05, 0.1) is 35.4 Å². The van der Waals surface area contributed by atoms with Gasteiger partial charge in [0.1, 0.15) is 0 Å². The zero-order valence-electron chi connectivity index (χ0n) is 14.0. The molecule has 0 bridgehead atoms. The zero-order valence-corrected chi connectivity index (χ0v) is 14.8. The molecule has 0 saturated carbocycles. The summed E-state index contributed by atoms with van der Waals surface area (Å²) in [6.45, 7) is 8.16. The molecule has 1 N–H and O–H groups in total. The maximum absolute atomic E-state index is 12.5. The van der Waals surface area contributed by atoms with Crippen LogP contribution in [0.1, 0.15) is 38.7 Å². The second kappa shape index (κ2) is 6.48. The minimum absolute atomic E-state index is 0.265. The average molecular weight is 342 g/mol. The van der Waals surface area contributed by atoms with E-state index in [9.17, 15) is 4.79 Å². The SMILES string of the molecule is Cc1ccc(NC(=O)c2nnn(Cc3nsnc3C)c2C)c(C)c1.